The maximum Gasteiger partial charge on any atom is 0.173 e. The van der Waals surface area contributed by atoms with Crippen LogP contribution in [-0.2, 0) is 0 Å². The van der Waals surface area contributed by atoms with Gasteiger partial charge in [0.15, 0.2) is 5.11 Å². The van der Waals surface area contributed by atoms with Gasteiger partial charge in [-0.15, -0.1) is 0 Å². The van der Waals surface area contributed by atoms with Crippen molar-refractivity contribution >= 4 is 23.0 Å². The number of anilines is 1. The minimum absolute atomic E-state index is 0.114. The van der Waals surface area contributed by atoms with Crippen molar-refractivity contribution in [1.29, 1.82) is 0 Å². The van der Waals surface area contributed by atoms with Crippen molar-refractivity contribution in [2.24, 2.45) is 0 Å². The number of nitrogens with one attached hydrogen (secondary N) is 1. The minimum Gasteiger partial charge on any atom is -0.395 e. The number of aliphatic hydroxyl groups is 1. The molecule has 17 heavy (non-hydrogen) atoms. The third-order valence-corrected chi connectivity index (χ3v) is 3.25. The molecule has 1 aromatic rings. The third kappa shape index (κ3) is 3.68. The molecule has 0 aliphatic heterocycles. The van der Waals surface area contributed by atoms with Crippen molar-refractivity contribution in [3.63, 3.8) is 0 Å². The maximum absolute atomic E-state index is 8.95. The molecule has 0 heterocycles. The number of aryl methyl sites for hydroxylation is 1. The van der Waals surface area contributed by atoms with Crippen LogP contribution in [0.3, 0.4) is 0 Å². The Bertz CT molecular complexity index is 393. The number of benzene rings is 1. The Labute approximate surface area is 108 Å². The van der Waals surface area contributed by atoms with E-state index in [0.29, 0.717) is 11.7 Å². The SMILES string of the molecule is CCN(CCO)C(=S)Nc1cccc(C)c1C. The Kier molecular flexibility index (Phi) is 5.38. The molecule has 0 unspecified atom stereocenters. The van der Waals surface area contributed by atoms with Gasteiger partial charge in [-0.2, -0.15) is 0 Å². The van der Waals surface area contributed by atoms with Crippen LogP contribution >= 0.6 is 12.2 Å². The number of nitrogens with zero attached hydrogens (tertiary/aromatic N) is 1. The summed E-state index contributed by atoms with van der Waals surface area (Å²) in [5.41, 5.74) is 3.48. The monoisotopic (exact) mass is 252 g/mol. The Hall–Kier alpha value is -1.13. The fraction of sp³-hybridized carbons (Fsp3) is 0.462. The van der Waals surface area contributed by atoms with Gasteiger partial charge < -0.3 is 15.3 Å². The summed E-state index contributed by atoms with van der Waals surface area (Å²) in [6, 6.07) is 6.10. The fourth-order valence-corrected chi connectivity index (χ4v) is 1.94. The molecule has 0 saturated heterocycles. The van der Waals surface area contributed by atoms with E-state index in [1.165, 1.54) is 11.1 Å². The van der Waals surface area contributed by atoms with Crippen LogP contribution in [0, 0.1) is 13.8 Å². The standard InChI is InChI=1S/C13H20N2OS/c1-4-15(8-9-16)13(17)14-12-7-5-6-10(2)11(12)3/h5-7,16H,4,8-9H2,1-3H3,(H,14,17). The minimum atomic E-state index is 0.114. The number of aliphatic hydroxyl groups excluding tert-OH is 1. The molecule has 1 aromatic carbocycles. The van der Waals surface area contributed by atoms with Crippen molar-refractivity contribution in [3.05, 3.63) is 29.3 Å². The first-order valence-corrected chi connectivity index (χ1v) is 6.24. The molecule has 2 N–H and O–H groups in total. The summed E-state index contributed by atoms with van der Waals surface area (Å²) >= 11 is 5.33. The van der Waals surface area contributed by atoms with Gasteiger partial charge in [-0.1, -0.05) is 12.1 Å². The van der Waals surface area contributed by atoms with Crippen LogP contribution in [0.2, 0.25) is 0 Å². The van der Waals surface area contributed by atoms with E-state index in [9.17, 15) is 0 Å². The van der Waals surface area contributed by atoms with E-state index < -0.39 is 0 Å². The maximum atomic E-state index is 8.95. The van der Waals surface area contributed by atoms with Gasteiger partial charge in [-0.3, -0.25) is 0 Å². The van der Waals surface area contributed by atoms with Gasteiger partial charge >= 0.3 is 0 Å². The molecule has 0 aromatic heterocycles. The molecule has 0 spiro atoms. The molecular formula is C13H20N2OS. The molecule has 0 radical (unpaired) electrons. The lowest BCUT2D eigenvalue weighted by molar-refractivity contribution is 0.254. The van der Waals surface area contributed by atoms with Crippen LogP contribution in [0.15, 0.2) is 18.2 Å². The number of hydrogen-bond acceptors (Lipinski definition) is 2. The zero-order valence-corrected chi connectivity index (χ0v) is 11.5. The Morgan fingerprint density at radius 3 is 2.71 bits per heavy atom. The van der Waals surface area contributed by atoms with Crippen molar-refractivity contribution in [1.82, 2.24) is 4.90 Å². The molecule has 94 valence electrons. The van der Waals surface area contributed by atoms with Crippen LogP contribution in [0.4, 0.5) is 5.69 Å². The second kappa shape index (κ2) is 6.57. The summed E-state index contributed by atoms with van der Waals surface area (Å²) in [6.45, 7) is 7.64. The van der Waals surface area contributed by atoms with Gasteiger partial charge in [-0.25, -0.2) is 0 Å². The van der Waals surface area contributed by atoms with Gasteiger partial charge in [0.2, 0.25) is 0 Å². The summed E-state index contributed by atoms with van der Waals surface area (Å²) in [6.07, 6.45) is 0. The van der Waals surface area contributed by atoms with Gasteiger partial charge in [0.25, 0.3) is 0 Å². The average Bonchev–Trinajstić information content (AvgIpc) is 2.31. The molecular weight excluding hydrogens is 232 g/mol. The average molecular weight is 252 g/mol. The molecule has 0 saturated carbocycles. The highest BCUT2D eigenvalue weighted by Crippen LogP contribution is 2.18. The highest BCUT2D eigenvalue weighted by Gasteiger charge is 2.08. The number of rotatable bonds is 4. The first kappa shape index (κ1) is 13.9. The molecule has 3 nitrogen and oxygen atoms in total. The lowest BCUT2D eigenvalue weighted by atomic mass is 10.1. The largest absolute Gasteiger partial charge is 0.395 e. The van der Waals surface area contributed by atoms with Crippen LogP contribution in [0.5, 0.6) is 0 Å². The van der Waals surface area contributed by atoms with Gasteiger partial charge in [0.05, 0.1) is 6.61 Å². The van der Waals surface area contributed by atoms with Crippen LogP contribution in [0.1, 0.15) is 18.1 Å². The van der Waals surface area contributed by atoms with Crippen molar-refractivity contribution in [2.45, 2.75) is 20.8 Å². The van der Waals surface area contributed by atoms with E-state index in [1.54, 1.807) is 0 Å². The normalized spacial score (nSPS) is 10.1. The quantitative estimate of drug-likeness (QED) is 0.806. The zero-order valence-electron chi connectivity index (χ0n) is 10.7. The topological polar surface area (TPSA) is 35.5 Å². The number of hydrogen-bond donors (Lipinski definition) is 2. The van der Waals surface area contributed by atoms with Crippen molar-refractivity contribution in [2.75, 3.05) is 25.0 Å². The van der Waals surface area contributed by atoms with E-state index in [-0.39, 0.29) is 6.61 Å². The van der Waals surface area contributed by atoms with Gasteiger partial charge in [0, 0.05) is 18.8 Å². The van der Waals surface area contributed by atoms with Crippen LogP contribution in [0.25, 0.3) is 0 Å². The molecule has 0 amide bonds. The lowest BCUT2D eigenvalue weighted by Gasteiger charge is -2.24. The second-order valence-electron chi connectivity index (χ2n) is 3.98. The molecule has 0 aliphatic carbocycles. The Morgan fingerprint density at radius 2 is 2.12 bits per heavy atom. The van der Waals surface area contributed by atoms with E-state index >= 15 is 0 Å². The number of thiocarbonyl (C=S) groups is 1. The zero-order chi connectivity index (χ0) is 12.8. The van der Waals surface area contributed by atoms with E-state index in [1.807, 2.05) is 24.0 Å². The van der Waals surface area contributed by atoms with E-state index in [0.717, 1.165) is 12.2 Å². The summed E-state index contributed by atoms with van der Waals surface area (Å²) in [4.78, 5) is 1.94. The predicted molar refractivity (Wildman–Crippen MR) is 76.5 cm³/mol. The smallest absolute Gasteiger partial charge is 0.173 e. The Balaban J connectivity index is 2.76. The third-order valence-electron chi connectivity index (χ3n) is 2.89. The second-order valence-corrected chi connectivity index (χ2v) is 4.37. The summed E-state index contributed by atoms with van der Waals surface area (Å²) in [5.74, 6) is 0. The van der Waals surface area contributed by atoms with Crippen molar-refractivity contribution in [3.8, 4) is 0 Å². The van der Waals surface area contributed by atoms with E-state index in [2.05, 4.69) is 25.2 Å². The molecule has 0 bridgehead atoms. The van der Waals surface area contributed by atoms with Gasteiger partial charge in [-0.05, 0) is 50.2 Å². The summed E-state index contributed by atoms with van der Waals surface area (Å²) < 4.78 is 0. The highest BCUT2D eigenvalue weighted by molar-refractivity contribution is 7.80. The fourth-order valence-electron chi connectivity index (χ4n) is 1.60. The highest BCUT2D eigenvalue weighted by atomic mass is 32.1. The van der Waals surface area contributed by atoms with Crippen LogP contribution in [-0.4, -0.2) is 34.8 Å². The van der Waals surface area contributed by atoms with Crippen molar-refractivity contribution < 1.29 is 5.11 Å². The summed E-state index contributed by atoms with van der Waals surface area (Å²) in [7, 11) is 0. The first-order valence-electron chi connectivity index (χ1n) is 5.83. The molecule has 0 atom stereocenters. The molecule has 0 aliphatic rings. The Morgan fingerprint density at radius 1 is 1.41 bits per heavy atom. The first-order chi connectivity index (χ1) is 8.10. The number of likely N-dealkylation sites (N-methyl/N-ethyl adjacent to an activating group) is 1. The van der Waals surface area contributed by atoms with Crippen LogP contribution < -0.4 is 5.32 Å². The molecule has 0 fully saturated rings. The lowest BCUT2D eigenvalue weighted by Crippen LogP contribution is -2.36. The van der Waals surface area contributed by atoms with E-state index in [4.69, 9.17) is 17.3 Å². The predicted octanol–water partition coefficient (Wildman–Crippen LogP) is 2.31. The summed E-state index contributed by atoms with van der Waals surface area (Å²) in [5, 5.41) is 12.8. The van der Waals surface area contributed by atoms with Gasteiger partial charge in [0.1, 0.15) is 0 Å². The molecule has 4 heteroatoms. The molecule has 1 rings (SSSR count).